The first-order valence-corrected chi connectivity index (χ1v) is 13.8. The smallest absolute Gasteiger partial charge is 0.164 e. The number of benzene rings is 4. The van der Waals surface area contributed by atoms with Crippen LogP contribution in [0.3, 0.4) is 0 Å². The summed E-state index contributed by atoms with van der Waals surface area (Å²) in [7, 11) is 0. The summed E-state index contributed by atoms with van der Waals surface area (Å²) in [6, 6.07) is 45.4. The van der Waals surface area contributed by atoms with E-state index in [0.29, 0.717) is 0 Å². The number of rotatable bonds is 5. The molecule has 0 aliphatic heterocycles. The maximum absolute atomic E-state index is 4.91. The van der Waals surface area contributed by atoms with Crippen molar-refractivity contribution in [3.63, 3.8) is 0 Å². The third-order valence-corrected chi connectivity index (χ3v) is 7.49. The maximum atomic E-state index is 4.91. The predicted octanol–water partition coefficient (Wildman–Crippen LogP) is 8.16. The molecule has 4 aromatic heterocycles. The minimum absolute atomic E-state index is 0.824. The fraction of sp³-hybridized carbons (Fsp3) is 0. The molecule has 8 rings (SSSR count). The molecule has 6 nitrogen and oxygen atoms in total. The SMILES string of the molecule is c1ccc(-c2nc3ccccc3n2-c2ccc(-c3ccc(-n4c(-c5ccccn5)nc5ccccc54)cc3)cc2)nc1. The van der Waals surface area contributed by atoms with Gasteiger partial charge < -0.3 is 0 Å². The zero-order valence-corrected chi connectivity index (χ0v) is 22.5. The second-order valence-corrected chi connectivity index (χ2v) is 10.0. The van der Waals surface area contributed by atoms with Gasteiger partial charge in [0.2, 0.25) is 0 Å². The molecule has 0 saturated carbocycles. The fourth-order valence-electron chi connectivity index (χ4n) is 5.51. The molecule has 0 bridgehead atoms. The van der Waals surface area contributed by atoms with Gasteiger partial charge in [-0.25, -0.2) is 9.97 Å². The van der Waals surface area contributed by atoms with Crippen LogP contribution in [-0.4, -0.2) is 29.1 Å². The molecule has 0 amide bonds. The summed E-state index contributed by atoms with van der Waals surface area (Å²) in [6.45, 7) is 0. The summed E-state index contributed by atoms with van der Waals surface area (Å²) in [6.07, 6.45) is 3.61. The van der Waals surface area contributed by atoms with Gasteiger partial charge in [0, 0.05) is 23.8 Å². The molecule has 0 radical (unpaired) electrons. The van der Waals surface area contributed by atoms with E-state index in [4.69, 9.17) is 9.97 Å². The van der Waals surface area contributed by atoms with Crippen LogP contribution in [0.2, 0.25) is 0 Å². The molecule has 0 N–H and O–H groups in total. The van der Waals surface area contributed by atoms with Gasteiger partial charge in [0.25, 0.3) is 0 Å². The van der Waals surface area contributed by atoms with E-state index in [0.717, 1.165) is 67.6 Å². The number of nitrogens with zero attached hydrogens (tertiary/aromatic N) is 6. The molecule has 4 aromatic carbocycles. The lowest BCUT2D eigenvalue weighted by molar-refractivity contribution is 1.08. The van der Waals surface area contributed by atoms with Crippen LogP contribution in [0.4, 0.5) is 0 Å². The monoisotopic (exact) mass is 540 g/mol. The quantitative estimate of drug-likeness (QED) is 0.221. The van der Waals surface area contributed by atoms with Gasteiger partial charge >= 0.3 is 0 Å². The topological polar surface area (TPSA) is 61.4 Å². The zero-order valence-electron chi connectivity index (χ0n) is 22.5. The molecule has 0 aliphatic carbocycles. The highest BCUT2D eigenvalue weighted by Gasteiger charge is 2.16. The van der Waals surface area contributed by atoms with E-state index in [1.807, 2.05) is 72.8 Å². The average molecular weight is 541 g/mol. The molecule has 0 saturated heterocycles. The van der Waals surface area contributed by atoms with E-state index in [9.17, 15) is 0 Å². The molecular formula is C36H24N6. The van der Waals surface area contributed by atoms with Crippen LogP contribution in [0.5, 0.6) is 0 Å². The summed E-state index contributed by atoms with van der Waals surface area (Å²) in [5, 5.41) is 0. The highest BCUT2D eigenvalue weighted by Crippen LogP contribution is 2.31. The van der Waals surface area contributed by atoms with Crippen molar-refractivity contribution < 1.29 is 0 Å². The third kappa shape index (κ3) is 4.05. The van der Waals surface area contributed by atoms with Crippen molar-refractivity contribution in [2.45, 2.75) is 0 Å². The Labute approximate surface area is 242 Å². The number of imidazole rings is 2. The van der Waals surface area contributed by atoms with Gasteiger partial charge in [0.1, 0.15) is 11.4 Å². The van der Waals surface area contributed by atoms with Crippen LogP contribution in [-0.2, 0) is 0 Å². The Balaban J connectivity index is 1.17. The van der Waals surface area contributed by atoms with Crippen molar-refractivity contribution in [1.29, 1.82) is 0 Å². The number of hydrogen-bond acceptors (Lipinski definition) is 4. The molecule has 42 heavy (non-hydrogen) atoms. The molecule has 6 heteroatoms. The molecule has 8 aromatic rings. The first-order chi connectivity index (χ1) is 20.8. The number of pyridine rings is 2. The minimum atomic E-state index is 0.824. The van der Waals surface area contributed by atoms with E-state index in [2.05, 4.69) is 79.8 Å². The lowest BCUT2D eigenvalue weighted by atomic mass is 10.0. The first kappa shape index (κ1) is 24.0. The van der Waals surface area contributed by atoms with Gasteiger partial charge in [-0.2, -0.15) is 0 Å². The van der Waals surface area contributed by atoms with Crippen molar-refractivity contribution >= 4 is 22.1 Å². The summed E-state index contributed by atoms with van der Waals surface area (Å²) < 4.78 is 4.35. The van der Waals surface area contributed by atoms with Gasteiger partial charge in [-0.15, -0.1) is 0 Å². The lowest BCUT2D eigenvalue weighted by Crippen LogP contribution is -1.99. The van der Waals surface area contributed by atoms with Crippen molar-refractivity contribution in [3.05, 3.63) is 146 Å². The maximum Gasteiger partial charge on any atom is 0.164 e. The molecule has 0 aliphatic rings. The van der Waals surface area contributed by atoms with E-state index in [1.165, 1.54) is 0 Å². The number of aromatic nitrogens is 6. The van der Waals surface area contributed by atoms with Crippen LogP contribution in [0.1, 0.15) is 0 Å². The first-order valence-electron chi connectivity index (χ1n) is 13.8. The second-order valence-electron chi connectivity index (χ2n) is 10.0. The van der Waals surface area contributed by atoms with Gasteiger partial charge in [-0.05, 0) is 83.9 Å². The van der Waals surface area contributed by atoms with Crippen LogP contribution in [0.25, 0.3) is 67.6 Å². The number of para-hydroxylation sites is 4. The third-order valence-electron chi connectivity index (χ3n) is 7.49. The lowest BCUT2D eigenvalue weighted by Gasteiger charge is -2.12. The van der Waals surface area contributed by atoms with Crippen LogP contribution in [0, 0.1) is 0 Å². The van der Waals surface area contributed by atoms with Gasteiger partial charge in [-0.3, -0.25) is 19.1 Å². The number of fused-ring (bicyclic) bond motifs is 2. The Hall–Kier alpha value is -5.88. The Morgan fingerprint density at radius 2 is 0.786 bits per heavy atom. The Bertz CT molecular complexity index is 2000. The van der Waals surface area contributed by atoms with Crippen LogP contribution >= 0.6 is 0 Å². The highest BCUT2D eigenvalue weighted by molar-refractivity contribution is 5.84. The largest absolute Gasteiger partial charge is 0.291 e. The Morgan fingerprint density at radius 1 is 0.381 bits per heavy atom. The highest BCUT2D eigenvalue weighted by atomic mass is 15.1. The molecule has 198 valence electrons. The fourth-order valence-corrected chi connectivity index (χ4v) is 5.51. The standard InChI is InChI=1S/C36H24N6/c1-3-13-33-29(9-1)39-35(31-11-5-7-23-37-31)41(33)27-19-15-25(16-20-27)26-17-21-28(22-18-26)42-34-14-4-2-10-30(34)40-36(42)32-12-6-8-24-38-32/h1-24H. The predicted molar refractivity (Wildman–Crippen MR) is 168 cm³/mol. The van der Waals surface area contributed by atoms with Crippen molar-refractivity contribution in [2.75, 3.05) is 0 Å². The second kappa shape index (κ2) is 9.94. The van der Waals surface area contributed by atoms with Gasteiger partial charge in [0.05, 0.1) is 22.1 Å². The van der Waals surface area contributed by atoms with E-state index in [-0.39, 0.29) is 0 Å². The van der Waals surface area contributed by atoms with E-state index >= 15 is 0 Å². The molecule has 4 heterocycles. The summed E-state index contributed by atoms with van der Waals surface area (Å²) >= 11 is 0. The summed E-state index contributed by atoms with van der Waals surface area (Å²) in [5.74, 6) is 1.65. The van der Waals surface area contributed by atoms with Crippen LogP contribution < -0.4 is 0 Å². The van der Waals surface area contributed by atoms with Gasteiger partial charge in [0.15, 0.2) is 11.6 Å². The van der Waals surface area contributed by atoms with Crippen molar-refractivity contribution in [2.24, 2.45) is 0 Å². The van der Waals surface area contributed by atoms with Crippen molar-refractivity contribution in [1.82, 2.24) is 29.1 Å². The van der Waals surface area contributed by atoms with Crippen LogP contribution in [0.15, 0.2) is 146 Å². The van der Waals surface area contributed by atoms with Gasteiger partial charge in [-0.1, -0.05) is 60.7 Å². The van der Waals surface area contributed by atoms with E-state index < -0.39 is 0 Å². The molecule has 0 spiro atoms. The van der Waals surface area contributed by atoms with E-state index in [1.54, 1.807) is 12.4 Å². The molecule has 0 unspecified atom stereocenters. The molecule has 0 fully saturated rings. The summed E-state index contributed by atoms with van der Waals surface area (Å²) in [5.41, 5.74) is 9.99. The molecule has 0 atom stereocenters. The average Bonchev–Trinajstić information content (AvgIpc) is 3.65. The Morgan fingerprint density at radius 3 is 1.19 bits per heavy atom. The number of hydrogen-bond donors (Lipinski definition) is 0. The zero-order chi connectivity index (χ0) is 27.9. The summed E-state index contributed by atoms with van der Waals surface area (Å²) in [4.78, 5) is 19.0. The normalized spacial score (nSPS) is 11.3. The minimum Gasteiger partial charge on any atom is -0.291 e. The Kier molecular flexibility index (Phi) is 5.67. The van der Waals surface area contributed by atoms with Crippen molar-refractivity contribution in [3.8, 4) is 45.5 Å². The molecular weight excluding hydrogens is 516 g/mol.